The zero-order valence-electron chi connectivity index (χ0n) is 11.9. The molecule has 0 atom stereocenters. The number of fused-ring (bicyclic) bond motifs is 1. The van der Waals surface area contributed by atoms with Crippen molar-refractivity contribution in [1.82, 2.24) is 9.13 Å². The van der Waals surface area contributed by atoms with Crippen LogP contribution in [0.5, 0.6) is 0 Å². The third-order valence-corrected chi connectivity index (χ3v) is 4.27. The molecule has 0 spiro atoms. The summed E-state index contributed by atoms with van der Waals surface area (Å²) in [5, 5.41) is 0.568. The first-order chi connectivity index (χ1) is 10.2. The molecule has 3 rings (SSSR count). The normalized spacial score (nSPS) is 16.0. The van der Waals surface area contributed by atoms with Crippen molar-refractivity contribution in [3.8, 4) is 12.3 Å². The van der Waals surface area contributed by atoms with Gasteiger partial charge in [0.1, 0.15) is 0 Å². The van der Waals surface area contributed by atoms with E-state index < -0.39 is 0 Å². The van der Waals surface area contributed by atoms with Crippen molar-refractivity contribution in [2.24, 2.45) is 0 Å². The second kappa shape index (κ2) is 5.61. The van der Waals surface area contributed by atoms with Crippen molar-refractivity contribution in [2.45, 2.75) is 44.7 Å². The van der Waals surface area contributed by atoms with Crippen LogP contribution in [-0.2, 0) is 6.54 Å². The van der Waals surface area contributed by atoms with Crippen LogP contribution in [0.1, 0.15) is 38.1 Å². The summed E-state index contributed by atoms with van der Waals surface area (Å²) in [6, 6.07) is 7.19. The zero-order valence-corrected chi connectivity index (χ0v) is 11.9. The average Bonchev–Trinajstić information content (AvgIpc) is 2.53. The van der Waals surface area contributed by atoms with Crippen molar-refractivity contribution in [3.63, 3.8) is 0 Å². The Hall–Kier alpha value is -2.28. The number of nitrogens with zero attached hydrogens (tertiary/aromatic N) is 2. The van der Waals surface area contributed by atoms with Crippen LogP contribution in [0.3, 0.4) is 0 Å². The lowest BCUT2D eigenvalue weighted by Gasteiger charge is -2.24. The van der Waals surface area contributed by atoms with Gasteiger partial charge in [-0.15, -0.1) is 6.42 Å². The van der Waals surface area contributed by atoms with Gasteiger partial charge in [0.25, 0.3) is 5.56 Å². The fourth-order valence-corrected chi connectivity index (χ4v) is 3.24. The van der Waals surface area contributed by atoms with Crippen LogP contribution >= 0.6 is 0 Å². The van der Waals surface area contributed by atoms with E-state index in [4.69, 9.17) is 6.42 Å². The molecule has 108 valence electrons. The van der Waals surface area contributed by atoms with Crippen LogP contribution in [0, 0.1) is 12.3 Å². The fraction of sp³-hybridized carbons (Fsp3) is 0.412. The maximum Gasteiger partial charge on any atom is 0.332 e. The molecular formula is C17H18N2O2. The van der Waals surface area contributed by atoms with E-state index in [1.807, 2.05) is 12.1 Å². The van der Waals surface area contributed by atoms with Gasteiger partial charge < -0.3 is 0 Å². The quantitative estimate of drug-likeness (QED) is 0.793. The van der Waals surface area contributed by atoms with E-state index in [0.29, 0.717) is 10.9 Å². The number of hydrogen-bond acceptors (Lipinski definition) is 2. The molecule has 0 saturated heterocycles. The largest absolute Gasteiger partial charge is 0.332 e. The van der Waals surface area contributed by atoms with Gasteiger partial charge in [0.2, 0.25) is 0 Å². The number of rotatable bonds is 2. The molecule has 1 aromatic carbocycles. The number of benzene rings is 1. The highest BCUT2D eigenvalue weighted by Crippen LogP contribution is 2.26. The Bertz CT molecular complexity index is 817. The van der Waals surface area contributed by atoms with Crippen molar-refractivity contribution in [1.29, 1.82) is 0 Å². The summed E-state index contributed by atoms with van der Waals surface area (Å²) in [4.78, 5) is 25.4. The molecule has 1 aliphatic carbocycles. The summed E-state index contributed by atoms with van der Waals surface area (Å²) < 4.78 is 2.96. The van der Waals surface area contributed by atoms with Gasteiger partial charge in [0.05, 0.1) is 17.4 Å². The van der Waals surface area contributed by atoms with E-state index in [-0.39, 0.29) is 23.8 Å². The second-order valence-electron chi connectivity index (χ2n) is 5.56. The summed E-state index contributed by atoms with van der Waals surface area (Å²) in [7, 11) is 0. The van der Waals surface area contributed by atoms with Gasteiger partial charge in [-0.25, -0.2) is 4.79 Å². The molecule has 4 nitrogen and oxygen atoms in total. The molecule has 0 radical (unpaired) electrons. The van der Waals surface area contributed by atoms with E-state index in [1.165, 1.54) is 15.6 Å². The van der Waals surface area contributed by atoms with Crippen LogP contribution < -0.4 is 11.2 Å². The molecule has 0 aliphatic heterocycles. The molecule has 1 aromatic heterocycles. The van der Waals surface area contributed by atoms with Crippen LogP contribution in [0.2, 0.25) is 0 Å². The van der Waals surface area contributed by atoms with Gasteiger partial charge in [0.15, 0.2) is 0 Å². The molecule has 21 heavy (non-hydrogen) atoms. The van der Waals surface area contributed by atoms with Gasteiger partial charge in [-0.05, 0) is 25.0 Å². The molecule has 0 amide bonds. The summed E-state index contributed by atoms with van der Waals surface area (Å²) in [5.41, 5.74) is 0.164. The molecular weight excluding hydrogens is 264 g/mol. The van der Waals surface area contributed by atoms with E-state index >= 15 is 0 Å². The van der Waals surface area contributed by atoms with E-state index in [9.17, 15) is 9.59 Å². The topological polar surface area (TPSA) is 44.0 Å². The van der Waals surface area contributed by atoms with Crippen molar-refractivity contribution in [3.05, 3.63) is 45.1 Å². The molecule has 0 bridgehead atoms. The third-order valence-electron chi connectivity index (χ3n) is 4.27. The number of aromatic nitrogens is 2. The zero-order chi connectivity index (χ0) is 14.8. The summed E-state index contributed by atoms with van der Waals surface area (Å²) >= 11 is 0. The monoisotopic (exact) mass is 282 g/mol. The highest BCUT2D eigenvalue weighted by Gasteiger charge is 2.21. The highest BCUT2D eigenvalue weighted by molar-refractivity contribution is 5.77. The third kappa shape index (κ3) is 2.29. The van der Waals surface area contributed by atoms with Crippen LogP contribution in [0.15, 0.2) is 33.9 Å². The number of para-hydroxylation sites is 1. The molecule has 2 aromatic rings. The predicted octanol–water partition coefficient (Wildman–Crippen LogP) is 2.30. The van der Waals surface area contributed by atoms with Crippen molar-refractivity contribution >= 4 is 10.9 Å². The Labute approximate surface area is 123 Å². The molecule has 1 saturated carbocycles. The SMILES string of the molecule is C#CCn1c(=O)n(C2CCCCC2)c(=O)c2ccccc21. The van der Waals surface area contributed by atoms with Gasteiger partial charge >= 0.3 is 5.69 Å². The van der Waals surface area contributed by atoms with E-state index in [2.05, 4.69) is 5.92 Å². The second-order valence-corrected chi connectivity index (χ2v) is 5.56. The first kappa shape index (κ1) is 13.7. The molecule has 0 unspecified atom stereocenters. The van der Waals surface area contributed by atoms with Crippen LogP contribution in [0.25, 0.3) is 10.9 Å². The summed E-state index contributed by atoms with van der Waals surface area (Å²) in [6.07, 6.45) is 10.5. The lowest BCUT2D eigenvalue weighted by atomic mass is 9.95. The maximum atomic E-state index is 12.7. The van der Waals surface area contributed by atoms with Crippen LogP contribution in [0.4, 0.5) is 0 Å². The number of hydrogen-bond donors (Lipinski definition) is 0. The summed E-state index contributed by atoms with van der Waals surface area (Å²) in [6.45, 7) is 0.187. The van der Waals surface area contributed by atoms with Gasteiger partial charge in [-0.2, -0.15) is 0 Å². The van der Waals surface area contributed by atoms with Crippen molar-refractivity contribution < 1.29 is 0 Å². The van der Waals surface area contributed by atoms with Gasteiger partial charge in [-0.3, -0.25) is 13.9 Å². The maximum absolute atomic E-state index is 12.7. The molecule has 1 fully saturated rings. The molecule has 4 heteroatoms. The van der Waals surface area contributed by atoms with Gasteiger partial charge in [-0.1, -0.05) is 37.3 Å². The summed E-state index contributed by atoms with van der Waals surface area (Å²) in [5.74, 6) is 2.51. The van der Waals surface area contributed by atoms with Gasteiger partial charge in [0, 0.05) is 6.04 Å². The number of terminal acetylenes is 1. The first-order valence-corrected chi connectivity index (χ1v) is 7.41. The van der Waals surface area contributed by atoms with Crippen LogP contribution in [-0.4, -0.2) is 9.13 Å². The smallest absolute Gasteiger partial charge is 0.282 e. The molecule has 0 N–H and O–H groups in total. The standard InChI is InChI=1S/C17H18N2O2/c1-2-12-18-15-11-7-6-10-14(15)16(20)19(17(18)21)13-8-4-3-5-9-13/h1,6-7,10-11,13H,3-5,8-9,12H2. The van der Waals surface area contributed by atoms with Crippen molar-refractivity contribution in [2.75, 3.05) is 0 Å². The minimum atomic E-state index is -0.274. The predicted molar refractivity (Wildman–Crippen MR) is 83.4 cm³/mol. The Morgan fingerprint density at radius 2 is 1.86 bits per heavy atom. The molecule has 1 aliphatic rings. The minimum absolute atomic E-state index is 0.00683. The Balaban J connectivity index is 2.32. The van der Waals surface area contributed by atoms with E-state index in [0.717, 1.165) is 25.7 Å². The lowest BCUT2D eigenvalue weighted by molar-refractivity contribution is 0.333. The van der Waals surface area contributed by atoms with E-state index in [1.54, 1.807) is 12.1 Å². The Morgan fingerprint density at radius 3 is 2.57 bits per heavy atom. The lowest BCUT2D eigenvalue weighted by Crippen LogP contribution is -2.42. The highest BCUT2D eigenvalue weighted by atomic mass is 16.2. The average molecular weight is 282 g/mol. The minimum Gasteiger partial charge on any atom is -0.282 e. The first-order valence-electron chi connectivity index (χ1n) is 7.41. The Morgan fingerprint density at radius 1 is 1.14 bits per heavy atom. The Kier molecular flexibility index (Phi) is 3.66. The molecule has 1 heterocycles. The fourth-order valence-electron chi connectivity index (χ4n) is 3.24.